The van der Waals surface area contributed by atoms with Gasteiger partial charge in [0.15, 0.2) is 0 Å². The fourth-order valence-electron chi connectivity index (χ4n) is 2.59. The Balaban J connectivity index is 0.00000180. The molecule has 20 heavy (non-hydrogen) atoms. The molecule has 1 aromatic heterocycles. The molecule has 1 atom stereocenters. The number of unbranched alkanes of at least 4 members (excludes halogenated alkanes) is 2. The Labute approximate surface area is 147 Å². The molecule has 0 bridgehead atoms. The highest BCUT2D eigenvalue weighted by molar-refractivity contribution is 9.11. The number of hydrogen-bond acceptors (Lipinski definition) is 3. The molecular formula is C14H25BrCl2N2S. The van der Waals surface area contributed by atoms with Crippen LogP contribution in [-0.4, -0.2) is 31.1 Å². The number of nitrogens with one attached hydrogen (secondary N) is 1. The van der Waals surface area contributed by atoms with E-state index in [4.69, 9.17) is 0 Å². The van der Waals surface area contributed by atoms with Crippen molar-refractivity contribution in [2.45, 2.75) is 38.6 Å². The van der Waals surface area contributed by atoms with Crippen LogP contribution in [0.15, 0.2) is 15.9 Å². The predicted octanol–water partition coefficient (Wildman–Crippen LogP) is 4.88. The number of halogens is 3. The van der Waals surface area contributed by atoms with E-state index < -0.39 is 0 Å². The van der Waals surface area contributed by atoms with Gasteiger partial charge in [-0.05, 0) is 34.5 Å². The van der Waals surface area contributed by atoms with Crippen LogP contribution in [-0.2, 0) is 0 Å². The summed E-state index contributed by atoms with van der Waals surface area (Å²) in [5.41, 5.74) is 0. The van der Waals surface area contributed by atoms with E-state index in [0.29, 0.717) is 6.04 Å². The van der Waals surface area contributed by atoms with E-state index in [1.165, 1.54) is 47.4 Å². The molecule has 0 unspecified atom stereocenters. The smallest absolute Gasteiger partial charge is 0.0701 e. The lowest BCUT2D eigenvalue weighted by Gasteiger charge is -2.34. The average molecular weight is 404 g/mol. The fraction of sp³-hybridized carbons (Fsp3) is 0.714. The molecule has 2 nitrogen and oxygen atoms in total. The van der Waals surface area contributed by atoms with E-state index in [0.717, 1.165) is 13.1 Å². The lowest BCUT2D eigenvalue weighted by molar-refractivity contribution is 0.165. The standard InChI is InChI=1S/C14H23BrN2S.2ClH/c1-2-3-4-5-12(13-6-7-14(15)18-13)17-10-8-16-9-11-17;;/h6-7,12,16H,2-5,8-11H2,1H3;2*1H/t12-;;/m0../s1. The average Bonchev–Trinajstić information content (AvgIpc) is 2.82. The Bertz CT molecular complexity index is 357. The highest BCUT2D eigenvalue weighted by atomic mass is 79.9. The molecule has 2 rings (SSSR count). The minimum absolute atomic E-state index is 0. The topological polar surface area (TPSA) is 15.3 Å². The SMILES string of the molecule is CCCCC[C@@H](c1ccc(Br)s1)N1CCNCC1.Cl.Cl. The van der Waals surface area contributed by atoms with Crippen LogP contribution in [0.2, 0.25) is 0 Å². The van der Waals surface area contributed by atoms with Crippen molar-refractivity contribution in [3.05, 3.63) is 20.8 Å². The summed E-state index contributed by atoms with van der Waals surface area (Å²) in [5, 5.41) is 3.45. The molecule has 1 N–H and O–H groups in total. The molecule has 0 radical (unpaired) electrons. The van der Waals surface area contributed by atoms with Gasteiger partial charge in [-0.1, -0.05) is 26.2 Å². The zero-order chi connectivity index (χ0) is 12.8. The highest BCUT2D eigenvalue weighted by Crippen LogP contribution is 2.34. The van der Waals surface area contributed by atoms with Gasteiger partial charge in [0.1, 0.15) is 0 Å². The van der Waals surface area contributed by atoms with Gasteiger partial charge in [-0.2, -0.15) is 0 Å². The first-order valence-electron chi connectivity index (χ1n) is 7.01. The molecule has 0 aliphatic carbocycles. The maximum atomic E-state index is 3.59. The van der Waals surface area contributed by atoms with E-state index in [2.05, 4.69) is 45.2 Å². The van der Waals surface area contributed by atoms with Crippen LogP contribution in [0.5, 0.6) is 0 Å². The van der Waals surface area contributed by atoms with Crippen molar-refractivity contribution in [3.63, 3.8) is 0 Å². The maximum Gasteiger partial charge on any atom is 0.0701 e. The van der Waals surface area contributed by atoms with Gasteiger partial charge in [-0.15, -0.1) is 36.2 Å². The van der Waals surface area contributed by atoms with E-state index in [1.54, 1.807) is 0 Å². The Morgan fingerprint density at radius 2 is 1.95 bits per heavy atom. The van der Waals surface area contributed by atoms with E-state index in [9.17, 15) is 0 Å². The van der Waals surface area contributed by atoms with Crippen LogP contribution >= 0.6 is 52.1 Å². The van der Waals surface area contributed by atoms with Crippen LogP contribution in [0.4, 0.5) is 0 Å². The van der Waals surface area contributed by atoms with Crippen molar-refractivity contribution in [1.82, 2.24) is 10.2 Å². The monoisotopic (exact) mass is 402 g/mol. The van der Waals surface area contributed by atoms with Crippen LogP contribution in [0.25, 0.3) is 0 Å². The van der Waals surface area contributed by atoms with Gasteiger partial charge in [0.25, 0.3) is 0 Å². The van der Waals surface area contributed by atoms with Gasteiger partial charge in [0.05, 0.1) is 3.79 Å². The third kappa shape index (κ3) is 6.20. The predicted molar refractivity (Wildman–Crippen MR) is 97.8 cm³/mol. The molecule has 0 aromatic carbocycles. The van der Waals surface area contributed by atoms with Gasteiger partial charge in [-0.3, -0.25) is 4.90 Å². The molecule has 0 spiro atoms. The molecule has 118 valence electrons. The van der Waals surface area contributed by atoms with Crippen molar-refractivity contribution in [2.24, 2.45) is 0 Å². The summed E-state index contributed by atoms with van der Waals surface area (Å²) in [4.78, 5) is 4.18. The first-order chi connectivity index (χ1) is 8.81. The minimum Gasteiger partial charge on any atom is -0.314 e. The van der Waals surface area contributed by atoms with Gasteiger partial charge in [-0.25, -0.2) is 0 Å². The number of nitrogens with zero attached hydrogens (tertiary/aromatic N) is 1. The zero-order valence-electron chi connectivity index (χ0n) is 11.9. The second-order valence-electron chi connectivity index (χ2n) is 4.94. The molecule has 2 heterocycles. The summed E-state index contributed by atoms with van der Waals surface area (Å²) >= 11 is 5.50. The number of hydrogen-bond donors (Lipinski definition) is 1. The third-order valence-corrected chi connectivity index (χ3v) is 5.32. The van der Waals surface area contributed by atoms with Crippen molar-refractivity contribution >= 4 is 52.1 Å². The quantitative estimate of drug-likeness (QED) is 0.680. The lowest BCUT2D eigenvalue weighted by Crippen LogP contribution is -2.45. The Kier molecular flexibility index (Phi) is 11.7. The van der Waals surface area contributed by atoms with Gasteiger partial charge < -0.3 is 5.32 Å². The molecule has 1 aliphatic heterocycles. The number of piperazine rings is 1. The van der Waals surface area contributed by atoms with E-state index >= 15 is 0 Å². The third-order valence-electron chi connectivity index (χ3n) is 3.60. The molecule has 1 fully saturated rings. The Morgan fingerprint density at radius 1 is 1.25 bits per heavy atom. The summed E-state index contributed by atoms with van der Waals surface area (Å²) in [7, 11) is 0. The first-order valence-corrected chi connectivity index (χ1v) is 8.62. The van der Waals surface area contributed by atoms with Crippen molar-refractivity contribution in [1.29, 1.82) is 0 Å². The fourth-order valence-corrected chi connectivity index (χ4v) is 4.19. The normalized spacial score (nSPS) is 17.1. The van der Waals surface area contributed by atoms with Crippen molar-refractivity contribution < 1.29 is 0 Å². The van der Waals surface area contributed by atoms with Crippen LogP contribution in [0, 0.1) is 0 Å². The number of rotatable bonds is 6. The molecule has 6 heteroatoms. The van der Waals surface area contributed by atoms with Gasteiger partial charge in [0, 0.05) is 37.1 Å². The minimum atomic E-state index is 0. The molecule has 0 amide bonds. The van der Waals surface area contributed by atoms with Gasteiger partial charge in [0.2, 0.25) is 0 Å². The molecule has 1 aromatic rings. The first kappa shape index (κ1) is 20.7. The van der Waals surface area contributed by atoms with Crippen LogP contribution in [0.1, 0.15) is 43.5 Å². The van der Waals surface area contributed by atoms with E-state index in [-0.39, 0.29) is 24.8 Å². The molecule has 1 aliphatic rings. The highest BCUT2D eigenvalue weighted by Gasteiger charge is 2.22. The molecular weight excluding hydrogens is 379 g/mol. The number of thiophene rings is 1. The van der Waals surface area contributed by atoms with Crippen molar-refractivity contribution in [3.8, 4) is 0 Å². The molecule has 0 saturated carbocycles. The van der Waals surface area contributed by atoms with Crippen LogP contribution in [0.3, 0.4) is 0 Å². The maximum absolute atomic E-state index is 3.59. The van der Waals surface area contributed by atoms with Crippen LogP contribution < -0.4 is 5.32 Å². The summed E-state index contributed by atoms with van der Waals surface area (Å²) in [6.45, 7) is 6.92. The Hall–Kier alpha value is 0.680. The lowest BCUT2D eigenvalue weighted by atomic mass is 10.0. The summed E-state index contributed by atoms with van der Waals surface area (Å²) in [6.07, 6.45) is 5.32. The largest absolute Gasteiger partial charge is 0.314 e. The summed E-state index contributed by atoms with van der Waals surface area (Å²) < 4.78 is 1.26. The second-order valence-corrected chi connectivity index (χ2v) is 7.43. The Morgan fingerprint density at radius 3 is 2.50 bits per heavy atom. The molecule has 1 saturated heterocycles. The summed E-state index contributed by atoms with van der Waals surface area (Å²) in [6, 6.07) is 5.12. The van der Waals surface area contributed by atoms with Gasteiger partial charge >= 0.3 is 0 Å². The van der Waals surface area contributed by atoms with Crippen molar-refractivity contribution in [2.75, 3.05) is 26.2 Å². The second kappa shape index (κ2) is 11.3. The summed E-state index contributed by atoms with van der Waals surface area (Å²) in [5.74, 6) is 0. The van der Waals surface area contributed by atoms with E-state index in [1.807, 2.05) is 11.3 Å². The zero-order valence-corrected chi connectivity index (χ0v) is 16.0.